The number of benzene rings is 4. The number of ether oxygens (including phenoxy) is 5. The molecule has 0 amide bonds. The van der Waals surface area contributed by atoms with Crippen LogP contribution in [0.15, 0.2) is 104 Å². The van der Waals surface area contributed by atoms with Gasteiger partial charge in [0, 0.05) is 24.1 Å². The third-order valence-electron chi connectivity index (χ3n) is 8.92. The second-order valence-electron chi connectivity index (χ2n) is 13.2. The van der Waals surface area contributed by atoms with Crippen molar-refractivity contribution < 1.29 is 42.9 Å². The van der Waals surface area contributed by atoms with Gasteiger partial charge in [0.15, 0.2) is 5.78 Å². The molecule has 0 spiro atoms. The predicted molar refractivity (Wildman–Crippen MR) is 214 cm³/mol. The van der Waals surface area contributed by atoms with E-state index in [9.17, 15) is 19.2 Å². The quantitative estimate of drug-likeness (QED) is 0.0215. The van der Waals surface area contributed by atoms with Crippen molar-refractivity contribution in [2.45, 2.75) is 77.6 Å². The number of fused-ring (bicyclic) bond motifs is 1. The SMILES string of the molecule is C=CC(=O)OCCCCCCOc1ccc(C(=O)Oc2ccc(CC(=O)c3ccc4cc(OCCCCCCOC(=O)C=C)ccc4c3)c(CCC)c2)cc1. The number of hydrogen-bond donors (Lipinski definition) is 0. The summed E-state index contributed by atoms with van der Waals surface area (Å²) >= 11 is 0. The van der Waals surface area contributed by atoms with E-state index in [1.807, 2.05) is 48.5 Å². The second-order valence-corrected chi connectivity index (χ2v) is 13.2. The first-order valence-electron chi connectivity index (χ1n) is 19.1. The Morgan fingerprint density at radius 3 is 1.69 bits per heavy atom. The summed E-state index contributed by atoms with van der Waals surface area (Å²) in [4.78, 5) is 48.6. The molecular formula is C46H52O9. The minimum absolute atomic E-state index is 0.0115. The van der Waals surface area contributed by atoms with Crippen LogP contribution in [0.3, 0.4) is 0 Å². The van der Waals surface area contributed by atoms with E-state index >= 15 is 0 Å². The molecule has 0 aliphatic heterocycles. The molecule has 0 radical (unpaired) electrons. The van der Waals surface area contributed by atoms with E-state index in [0.717, 1.165) is 97.9 Å². The molecule has 4 aromatic rings. The van der Waals surface area contributed by atoms with Crippen molar-refractivity contribution in [3.05, 3.63) is 126 Å². The first-order chi connectivity index (χ1) is 26.8. The van der Waals surface area contributed by atoms with Crippen molar-refractivity contribution in [3.8, 4) is 17.2 Å². The van der Waals surface area contributed by atoms with E-state index in [0.29, 0.717) is 49.1 Å². The zero-order valence-electron chi connectivity index (χ0n) is 31.9. The lowest BCUT2D eigenvalue weighted by molar-refractivity contribution is -0.138. The van der Waals surface area contributed by atoms with Gasteiger partial charge in [-0.1, -0.05) is 50.8 Å². The van der Waals surface area contributed by atoms with Gasteiger partial charge in [0.05, 0.1) is 32.0 Å². The van der Waals surface area contributed by atoms with Crippen LogP contribution in [0.25, 0.3) is 10.8 Å². The molecule has 9 nitrogen and oxygen atoms in total. The summed E-state index contributed by atoms with van der Waals surface area (Å²) in [7, 11) is 0. The molecule has 0 saturated heterocycles. The predicted octanol–water partition coefficient (Wildman–Crippen LogP) is 9.77. The summed E-state index contributed by atoms with van der Waals surface area (Å²) in [6, 6.07) is 23.9. The van der Waals surface area contributed by atoms with Crippen molar-refractivity contribution in [1.82, 2.24) is 0 Å². The van der Waals surface area contributed by atoms with Gasteiger partial charge in [-0.05, 0) is 134 Å². The topological polar surface area (TPSA) is 114 Å². The maximum absolute atomic E-state index is 13.5. The number of hydrogen-bond acceptors (Lipinski definition) is 9. The summed E-state index contributed by atoms with van der Waals surface area (Å²) < 4.78 is 27.5. The summed E-state index contributed by atoms with van der Waals surface area (Å²) in [5.41, 5.74) is 2.92. The number of unbranched alkanes of at least 4 members (excludes halogenated alkanes) is 6. The second kappa shape index (κ2) is 23.2. The van der Waals surface area contributed by atoms with Crippen LogP contribution < -0.4 is 14.2 Å². The monoisotopic (exact) mass is 748 g/mol. The average Bonchev–Trinajstić information content (AvgIpc) is 3.20. The highest BCUT2D eigenvalue weighted by molar-refractivity contribution is 6.01. The molecule has 0 aromatic heterocycles. The van der Waals surface area contributed by atoms with Gasteiger partial charge in [0.2, 0.25) is 0 Å². The van der Waals surface area contributed by atoms with Crippen LogP contribution >= 0.6 is 0 Å². The Morgan fingerprint density at radius 2 is 1.07 bits per heavy atom. The Kier molecular flexibility index (Phi) is 17.7. The normalized spacial score (nSPS) is 10.7. The van der Waals surface area contributed by atoms with Crippen LogP contribution in [0.2, 0.25) is 0 Å². The summed E-state index contributed by atoms with van der Waals surface area (Å²) in [5.74, 6) is 0.631. The Bertz CT molecular complexity index is 1890. The molecule has 4 aromatic carbocycles. The third-order valence-corrected chi connectivity index (χ3v) is 8.92. The van der Waals surface area contributed by atoms with Crippen molar-refractivity contribution in [2.24, 2.45) is 0 Å². The lowest BCUT2D eigenvalue weighted by Gasteiger charge is -2.12. The van der Waals surface area contributed by atoms with Crippen LogP contribution in [0, 0.1) is 0 Å². The number of carbonyl (C=O) groups excluding carboxylic acids is 4. The van der Waals surface area contributed by atoms with Crippen LogP contribution in [0.1, 0.15) is 96.6 Å². The van der Waals surface area contributed by atoms with Crippen molar-refractivity contribution >= 4 is 34.5 Å². The maximum Gasteiger partial charge on any atom is 0.343 e. The van der Waals surface area contributed by atoms with Gasteiger partial charge in [-0.25, -0.2) is 14.4 Å². The first-order valence-corrected chi connectivity index (χ1v) is 19.1. The number of ketones is 1. The van der Waals surface area contributed by atoms with Gasteiger partial charge in [0.1, 0.15) is 17.2 Å². The van der Waals surface area contributed by atoms with Crippen LogP contribution in [0.4, 0.5) is 0 Å². The molecule has 0 N–H and O–H groups in total. The van der Waals surface area contributed by atoms with E-state index in [4.69, 9.17) is 23.7 Å². The fraction of sp³-hybridized carbons (Fsp3) is 0.348. The smallest absolute Gasteiger partial charge is 0.343 e. The fourth-order valence-electron chi connectivity index (χ4n) is 5.91. The Morgan fingerprint density at radius 1 is 0.545 bits per heavy atom. The molecule has 0 saturated carbocycles. The van der Waals surface area contributed by atoms with Gasteiger partial charge in [-0.3, -0.25) is 4.79 Å². The molecule has 0 bridgehead atoms. The highest BCUT2D eigenvalue weighted by atomic mass is 16.5. The molecule has 4 rings (SSSR count). The highest BCUT2D eigenvalue weighted by Gasteiger charge is 2.15. The van der Waals surface area contributed by atoms with E-state index in [-0.39, 0.29) is 18.2 Å². The van der Waals surface area contributed by atoms with E-state index < -0.39 is 11.9 Å². The lowest BCUT2D eigenvalue weighted by atomic mass is 9.95. The number of aryl methyl sites for hydroxylation is 1. The largest absolute Gasteiger partial charge is 0.494 e. The molecule has 0 aliphatic rings. The molecule has 0 atom stereocenters. The maximum atomic E-state index is 13.5. The highest BCUT2D eigenvalue weighted by Crippen LogP contribution is 2.26. The van der Waals surface area contributed by atoms with Crippen LogP contribution in [-0.4, -0.2) is 50.1 Å². The van der Waals surface area contributed by atoms with Crippen molar-refractivity contribution in [1.29, 1.82) is 0 Å². The zero-order chi connectivity index (χ0) is 39.3. The van der Waals surface area contributed by atoms with Crippen LogP contribution in [-0.2, 0) is 31.9 Å². The fourth-order valence-corrected chi connectivity index (χ4v) is 5.91. The third kappa shape index (κ3) is 14.6. The standard InChI is InChI=1S/C46H52O9/c1-4-15-35-32-42(55-46(50)34-18-22-40(23-19-34)51-26-11-7-9-13-28-53-44(48)5-2)25-21-38(35)33-43(47)39-17-16-37-31-41(24-20-36(37)30-39)52-27-12-8-10-14-29-54-45(49)6-3/h5-6,16-25,30-32H,2-4,7-15,26-29,33H2,1H3. The van der Waals surface area contributed by atoms with Gasteiger partial charge in [-0.2, -0.15) is 0 Å². The molecule has 55 heavy (non-hydrogen) atoms. The zero-order valence-corrected chi connectivity index (χ0v) is 31.9. The lowest BCUT2D eigenvalue weighted by Crippen LogP contribution is -2.10. The minimum Gasteiger partial charge on any atom is -0.494 e. The molecule has 9 heteroatoms. The Balaban J connectivity index is 1.23. The number of rotatable bonds is 25. The van der Waals surface area contributed by atoms with Gasteiger partial charge < -0.3 is 23.7 Å². The summed E-state index contributed by atoms with van der Waals surface area (Å²) in [5, 5.41) is 1.95. The summed E-state index contributed by atoms with van der Waals surface area (Å²) in [6.45, 7) is 10.8. The summed E-state index contributed by atoms with van der Waals surface area (Å²) in [6.07, 6.45) is 11.4. The molecular weight excluding hydrogens is 696 g/mol. The number of carbonyl (C=O) groups is 4. The van der Waals surface area contributed by atoms with Crippen LogP contribution in [0.5, 0.6) is 17.2 Å². The Hall–Kier alpha value is -5.70. The van der Waals surface area contributed by atoms with Gasteiger partial charge in [0.25, 0.3) is 0 Å². The first kappa shape index (κ1) is 42.0. The molecule has 0 fully saturated rings. The Labute approximate surface area is 324 Å². The van der Waals surface area contributed by atoms with E-state index in [1.54, 1.807) is 30.3 Å². The van der Waals surface area contributed by atoms with E-state index in [2.05, 4.69) is 20.1 Å². The molecule has 0 aliphatic carbocycles. The van der Waals surface area contributed by atoms with Gasteiger partial charge in [-0.15, -0.1) is 0 Å². The minimum atomic E-state index is -0.472. The number of Topliss-reactive ketones (excluding diaryl/α,β-unsaturated/α-hetero) is 1. The average molecular weight is 749 g/mol. The van der Waals surface area contributed by atoms with Crippen molar-refractivity contribution in [2.75, 3.05) is 26.4 Å². The van der Waals surface area contributed by atoms with Gasteiger partial charge >= 0.3 is 17.9 Å². The molecule has 0 heterocycles. The molecule has 0 unspecified atom stereocenters. The van der Waals surface area contributed by atoms with Crippen molar-refractivity contribution in [3.63, 3.8) is 0 Å². The molecule has 290 valence electrons. The van der Waals surface area contributed by atoms with E-state index in [1.165, 1.54) is 6.08 Å². The number of esters is 3.